The summed E-state index contributed by atoms with van der Waals surface area (Å²) in [4.78, 5) is 14.1. The minimum absolute atomic E-state index is 0.0428. The van der Waals surface area contributed by atoms with Gasteiger partial charge in [-0.05, 0) is 85.4 Å². The van der Waals surface area contributed by atoms with Gasteiger partial charge in [-0.3, -0.25) is 4.79 Å². The number of rotatable bonds is 12. The molecule has 166 valence electrons. The second kappa shape index (κ2) is 13.7. The zero-order chi connectivity index (χ0) is 22.5. The molecule has 4 heteroatoms. The Labute approximate surface area is 182 Å². The Morgan fingerprint density at radius 2 is 1.57 bits per heavy atom. The summed E-state index contributed by atoms with van der Waals surface area (Å²) < 4.78 is 5.73. The van der Waals surface area contributed by atoms with Crippen molar-refractivity contribution in [1.29, 1.82) is 0 Å². The quantitative estimate of drug-likeness (QED) is 0.389. The van der Waals surface area contributed by atoms with E-state index < -0.39 is 0 Å². The smallest absolute Gasteiger partial charge is 0.257 e. The van der Waals surface area contributed by atoms with Crippen molar-refractivity contribution in [3.05, 3.63) is 58.7 Å². The van der Waals surface area contributed by atoms with Gasteiger partial charge in [0.1, 0.15) is 18.1 Å². The van der Waals surface area contributed by atoms with Crippen molar-refractivity contribution in [2.24, 2.45) is 0 Å². The minimum Gasteiger partial charge on any atom is -0.507 e. The molecule has 0 aliphatic heterocycles. The van der Waals surface area contributed by atoms with E-state index in [2.05, 4.69) is 45.9 Å². The van der Waals surface area contributed by atoms with E-state index in [1.807, 2.05) is 13.8 Å². The minimum atomic E-state index is -0.163. The van der Waals surface area contributed by atoms with Gasteiger partial charge in [0.05, 0.1) is 5.56 Å². The lowest BCUT2D eigenvalue weighted by Gasteiger charge is -2.19. The van der Waals surface area contributed by atoms with Crippen LogP contribution in [0.25, 0.3) is 0 Å². The van der Waals surface area contributed by atoms with Crippen molar-refractivity contribution in [2.45, 2.75) is 67.2 Å². The number of allylic oxidation sites excluding steroid dienone is 5. The Morgan fingerprint density at radius 3 is 2.13 bits per heavy atom. The van der Waals surface area contributed by atoms with Crippen LogP contribution in [0, 0.1) is 0 Å². The van der Waals surface area contributed by atoms with Crippen LogP contribution in [0.3, 0.4) is 0 Å². The molecule has 0 unspecified atom stereocenters. The molecule has 4 nitrogen and oxygen atoms in total. The Kier molecular flexibility index (Phi) is 11.7. The second-order valence-electron chi connectivity index (χ2n) is 7.93. The number of carbonyl (C=O) groups excluding carboxylic acids is 1. The van der Waals surface area contributed by atoms with Gasteiger partial charge in [-0.1, -0.05) is 28.9 Å². The van der Waals surface area contributed by atoms with Crippen LogP contribution in [0.4, 0.5) is 0 Å². The molecule has 0 saturated heterocycles. The fourth-order valence-electron chi connectivity index (χ4n) is 3.08. The van der Waals surface area contributed by atoms with E-state index in [0.717, 1.165) is 25.7 Å². The number of nitrogens with zero attached hydrogens (tertiary/aromatic N) is 1. The van der Waals surface area contributed by atoms with Crippen molar-refractivity contribution >= 4 is 5.91 Å². The molecule has 0 aliphatic rings. The molecule has 0 bridgehead atoms. The molecule has 0 radical (unpaired) electrons. The lowest BCUT2D eigenvalue weighted by molar-refractivity contribution is 0.0770. The van der Waals surface area contributed by atoms with Crippen LogP contribution in [-0.4, -0.2) is 35.6 Å². The van der Waals surface area contributed by atoms with Crippen LogP contribution in [0.15, 0.2) is 53.1 Å². The molecule has 1 amide bonds. The molecular weight excluding hydrogens is 374 g/mol. The molecule has 1 rings (SSSR count). The predicted octanol–water partition coefficient (Wildman–Crippen LogP) is 6.67. The predicted molar refractivity (Wildman–Crippen MR) is 126 cm³/mol. The van der Waals surface area contributed by atoms with Crippen LogP contribution in [-0.2, 0) is 0 Å². The van der Waals surface area contributed by atoms with Crippen LogP contribution < -0.4 is 4.74 Å². The zero-order valence-electron chi connectivity index (χ0n) is 19.6. The average molecular weight is 414 g/mol. The van der Waals surface area contributed by atoms with Gasteiger partial charge in [-0.15, -0.1) is 0 Å². The summed E-state index contributed by atoms with van der Waals surface area (Å²) in [6.07, 6.45) is 10.9. The van der Waals surface area contributed by atoms with Gasteiger partial charge >= 0.3 is 0 Å². The Balaban J connectivity index is 2.50. The first-order valence-electron chi connectivity index (χ1n) is 11.0. The van der Waals surface area contributed by atoms with E-state index >= 15 is 0 Å². The van der Waals surface area contributed by atoms with Crippen molar-refractivity contribution in [2.75, 3.05) is 19.7 Å². The average Bonchev–Trinajstić information content (AvgIpc) is 2.68. The summed E-state index contributed by atoms with van der Waals surface area (Å²) in [6.45, 7) is 14.1. The number of phenols is 1. The van der Waals surface area contributed by atoms with Gasteiger partial charge < -0.3 is 14.7 Å². The maximum absolute atomic E-state index is 12.4. The van der Waals surface area contributed by atoms with Crippen molar-refractivity contribution < 1.29 is 14.6 Å². The second-order valence-corrected chi connectivity index (χ2v) is 7.93. The van der Waals surface area contributed by atoms with E-state index in [1.165, 1.54) is 22.8 Å². The molecule has 0 saturated carbocycles. The SMILES string of the molecule is CCN(CC)C(=O)c1ccc(OC/C=C(\C)CC/C=C(\C)CCC=C(C)C)cc1O. The van der Waals surface area contributed by atoms with E-state index in [0.29, 0.717) is 31.0 Å². The topological polar surface area (TPSA) is 49.8 Å². The summed E-state index contributed by atoms with van der Waals surface area (Å²) in [6, 6.07) is 4.88. The highest BCUT2D eigenvalue weighted by Gasteiger charge is 2.16. The van der Waals surface area contributed by atoms with Crippen LogP contribution in [0.2, 0.25) is 0 Å². The largest absolute Gasteiger partial charge is 0.507 e. The maximum Gasteiger partial charge on any atom is 0.257 e. The molecule has 0 atom stereocenters. The maximum atomic E-state index is 12.4. The van der Waals surface area contributed by atoms with Crippen LogP contribution >= 0.6 is 0 Å². The summed E-state index contributed by atoms with van der Waals surface area (Å²) in [5.74, 6) is 0.352. The number of phenolic OH excluding ortho intramolecular Hbond substituents is 1. The highest BCUT2D eigenvalue weighted by molar-refractivity contribution is 5.97. The first kappa shape index (κ1) is 25.5. The fourth-order valence-corrected chi connectivity index (χ4v) is 3.08. The number of amides is 1. The Hall–Kier alpha value is -2.49. The molecule has 1 aromatic carbocycles. The molecule has 1 aromatic rings. The molecule has 30 heavy (non-hydrogen) atoms. The molecule has 1 N–H and O–H groups in total. The number of carbonyl (C=O) groups is 1. The van der Waals surface area contributed by atoms with Crippen molar-refractivity contribution in [3.63, 3.8) is 0 Å². The van der Waals surface area contributed by atoms with Gasteiger partial charge in [0.25, 0.3) is 5.91 Å². The van der Waals surface area contributed by atoms with E-state index in [1.54, 1.807) is 17.0 Å². The summed E-state index contributed by atoms with van der Waals surface area (Å²) in [7, 11) is 0. The molecule has 0 fully saturated rings. The highest BCUT2D eigenvalue weighted by atomic mass is 16.5. The lowest BCUT2D eigenvalue weighted by Crippen LogP contribution is -2.30. The normalized spacial score (nSPS) is 11.9. The van der Waals surface area contributed by atoms with E-state index in [9.17, 15) is 9.90 Å². The standard InChI is InChI=1S/C26H39NO3/c1-7-27(8-2)26(29)24-16-15-23(19-25(24)28)30-18-17-22(6)14-10-13-21(5)12-9-11-20(3)4/h11,13,15-17,19,28H,7-10,12,14,18H2,1-6H3/b21-13+,22-17+. The molecule has 0 heterocycles. The summed E-state index contributed by atoms with van der Waals surface area (Å²) in [5.41, 5.74) is 4.40. The van der Waals surface area contributed by atoms with Gasteiger partial charge in [0, 0.05) is 19.2 Å². The first-order valence-corrected chi connectivity index (χ1v) is 11.0. The van der Waals surface area contributed by atoms with Crippen LogP contribution in [0.5, 0.6) is 11.5 Å². The molecule has 0 spiro atoms. The van der Waals surface area contributed by atoms with Gasteiger partial charge in [0.2, 0.25) is 0 Å². The van der Waals surface area contributed by atoms with Crippen LogP contribution in [0.1, 0.15) is 77.6 Å². The number of benzene rings is 1. The van der Waals surface area contributed by atoms with Gasteiger partial charge in [0.15, 0.2) is 0 Å². The third kappa shape index (κ3) is 9.34. The zero-order valence-corrected chi connectivity index (χ0v) is 19.6. The Bertz CT molecular complexity index is 766. The third-order valence-corrected chi connectivity index (χ3v) is 5.05. The molecule has 0 aromatic heterocycles. The summed E-state index contributed by atoms with van der Waals surface area (Å²) >= 11 is 0. The highest BCUT2D eigenvalue weighted by Crippen LogP contribution is 2.25. The van der Waals surface area contributed by atoms with E-state index in [-0.39, 0.29) is 11.7 Å². The Morgan fingerprint density at radius 1 is 0.967 bits per heavy atom. The number of ether oxygens (including phenoxy) is 1. The lowest BCUT2D eigenvalue weighted by atomic mass is 10.1. The number of hydrogen-bond acceptors (Lipinski definition) is 3. The molecule has 0 aliphatic carbocycles. The molecular formula is C26H39NO3. The van der Waals surface area contributed by atoms with Crippen molar-refractivity contribution in [1.82, 2.24) is 4.90 Å². The van der Waals surface area contributed by atoms with Gasteiger partial charge in [-0.2, -0.15) is 0 Å². The third-order valence-electron chi connectivity index (χ3n) is 5.05. The fraction of sp³-hybridized carbons (Fsp3) is 0.500. The van der Waals surface area contributed by atoms with Gasteiger partial charge in [-0.25, -0.2) is 0 Å². The van der Waals surface area contributed by atoms with E-state index in [4.69, 9.17) is 4.74 Å². The van der Waals surface area contributed by atoms with Crippen molar-refractivity contribution in [3.8, 4) is 11.5 Å². The monoisotopic (exact) mass is 413 g/mol. The number of aromatic hydroxyl groups is 1. The number of hydrogen-bond donors (Lipinski definition) is 1. The first-order chi connectivity index (χ1) is 14.3. The summed E-state index contributed by atoms with van der Waals surface area (Å²) in [5, 5.41) is 10.2.